The van der Waals surface area contributed by atoms with Gasteiger partial charge in [-0.3, -0.25) is 0 Å². The van der Waals surface area contributed by atoms with E-state index in [-0.39, 0.29) is 5.92 Å². The molecule has 0 radical (unpaired) electrons. The summed E-state index contributed by atoms with van der Waals surface area (Å²) in [6, 6.07) is 3.69. The molecule has 1 aromatic rings. The zero-order chi connectivity index (χ0) is 21.3. The van der Waals surface area contributed by atoms with Crippen LogP contribution in [0.3, 0.4) is 0 Å². The number of halogens is 2. The summed E-state index contributed by atoms with van der Waals surface area (Å²) in [5.41, 5.74) is 1.14. The van der Waals surface area contributed by atoms with Gasteiger partial charge in [0.25, 0.3) is 0 Å². The maximum Gasteiger partial charge on any atom is 0.162 e. The smallest absolute Gasteiger partial charge is 0.162 e. The minimum absolute atomic E-state index is 0.196. The van der Waals surface area contributed by atoms with Gasteiger partial charge < -0.3 is 0 Å². The van der Waals surface area contributed by atoms with Crippen LogP contribution in [0.15, 0.2) is 24.3 Å². The Morgan fingerprint density at radius 2 is 1.63 bits per heavy atom. The van der Waals surface area contributed by atoms with Crippen molar-refractivity contribution in [2.45, 2.75) is 110 Å². The summed E-state index contributed by atoms with van der Waals surface area (Å²) in [7, 11) is 0. The van der Waals surface area contributed by atoms with E-state index in [4.69, 9.17) is 0 Å². The highest BCUT2D eigenvalue weighted by atomic mass is 19.2. The summed E-state index contributed by atoms with van der Waals surface area (Å²) in [4.78, 5) is 0. The topological polar surface area (TPSA) is 0 Å². The van der Waals surface area contributed by atoms with Crippen LogP contribution in [0.1, 0.15) is 114 Å². The molecule has 0 heterocycles. The highest BCUT2D eigenvalue weighted by Gasteiger charge is 2.24. The molecule has 0 spiro atoms. The summed E-state index contributed by atoms with van der Waals surface area (Å²) in [6.45, 7) is 4.52. The van der Waals surface area contributed by atoms with Gasteiger partial charge >= 0.3 is 0 Å². The van der Waals surface area contributed by atoms with Gasteiger partial charge in [0.2, 0.25) is 0 Å². The maximum absolute atomic E-state index is 14.7. The number of rotatable bonds is 9. The van der Waals surface area contributed by atoms with Crippen LogP contribution in [-0.4, -0.2) is 0 Å². The number of benzene rings is 1. The Kier molecular flexibility index (Phi) is 9.40. The molecule has 0 bridgehead atoms. The number of aryl methyl sites for hydroxylation is 1. The molecule has 0 saturated heterocycles. The molecule has 3 rings (SSSR count). The molecule has 0 N–H and O–H groups in total. The Morgan fingerprint density at radius 3 is 2.33 bits per heavy atom. The van der Waals surface area contributed by atoms with E-state index >= 15 is 0 Å². The Labute approximate surface area is 183 Å². The fourth-order valence-corrected chi connectivity index (χ4v) is 5.56. The molecule has 0 unspecified atom stereocenters. The van der Waals surface area contributed by atoms with Gasteiger partial charge in [0.15, 0.2) is 11.6 Å². The predicted octanol–water partition coefficient (Wildman–Crippen LogP) is 9.13. The van der Waals surface area contributed by atoms with Gasteiger partial charge in [-0.05, 0) is 86.2 Å². The Balaban J connectivity index is 1.43. The van der Waals surface area contributed by atoms with Gasteiger partial charge in [-0.25, -0.2) is 8.78 Å². The molecular formula is C28H42F2. The van der Waals surface area contributed by atoms with Crippen LogP contribution in [0, 0.1) is 29.4 Å². The number of unbranched alkanes of at least 4 members (excludes halogenated alkanes) is 2. The molecule has 2 aliphatic carbocycles. The molecule has 0 nitrogen and oxygen atoms in total. The molecular weight excluding hydrogens is 374 g/mol. The van der Waals surface area contributed by atoms with E-state index < -0.39 is 11.6 Å². The van der Waals surface area contributed by atoms with E-state index in [0.29, 0.717) is 23.5 Å². The normalized spacial score (nSPS) is 27.6. The van der Waals surface area contributed by atoms with Crippen molar-refractivity contribution >= 4 is 0 Å². The zero-order valence-electron chi connectivity index (χ0n) is 19.3. The quantitative estimate of drug-likeness (QED) is 0.278. The van der Waals surface area contributed by atoms with Crippen molar-refractivity contribution in [2.24, 2.45) is 17.8 Å². The average Bonchev–Trinajstić information content (AvgIpc) is 2.76. The van der Waals surface area contributed by atoms with E-state index in [1.54, 1.807) is 0 Å². The van der Waals surface area contributed by atoms with Gasteiger partial charge in [-0.1, -0.05) is 76.7 Å². The Morgan fingerprint density at radius 1 is 0.900 bits per heavy atom. The monoisotopic (exact) mass is 416 g/mol. The molecule has 0 amide bonds. The minimum atomic E-state index is -0.605. The molecule has 0 atom stereocenters. The van der Waals surface area contributed by atoms with Gasteiger partial charge in [-0.2, -0.15) is 0 Å². The Hall–Kier alpha value is -1.18. The molecule has 2 fully saturated rings. The number of hydrogen-bond donors (Lipinski definition) is 0. The van der Waals surface area contributed by atoms with Gasteiger partial charge in [0.1, 0.15) is 0 Å². The lowest BCUT2D eigenvalue weighted by atomic mass is 9.79. The number of hydrogen-bond acceptors (Lipinski definition) is 0. The highest BCUT2D eigenvalue weighted by Crippen LogP contribution is 2.37. The van der Waals surface area contributed by atoms with Crippen LogP contribution in [0.4, 0.5) is 8.78 Å². The van der Waals surface area contributed by atoms with E-state index in [9.17, 15) is 8.78 Å². The molecule has 0 aromatic heterocycles. The average molecular weight is 417 g/mol. The van der Waals surface area contributed by atoms with Crippen molar-refractivity contribution in [3.8, 4) is 0 Å². The molecule has 2 saturated carbocycles. The molecule has 2 heteroatoms. The van der Waals surface area contributed by atoms with Crippen molar-refractivity contribution in [3.05, 3.63) is 47.0 Å². The van der Waals surface area contributed by atoms with Crippen molar-refractivity contribution < 1.29 is 8.78 Å². The largest absolute Gasteiger partial charge is 0.203 e. The third kappa shape index (κ3) is 6.66. The van der Waals surface area contributed by atoms with E-state index in [0.717, 1.165) is 43.9 Å². The van der Waals surface area contributed by atoms with Crippen molar-refractivity contribution in [1.29, 1.82) is 0 Å². The second kappa shape index (κ2) is 12.0. The zero-order valence-corrected chi connectivity index (χ0v) is 19.3. The highest BCUT2D eigenvalue weighted by molar-refractivity contribution is 5.29. The molecule has 0 aliphatic heterocycles. The molecule has 2 aliphatic rings. The predicted molar refractivity (Wildman–Crippen MR) is 124 cm³/mol. The lowest BCUT2D eigenvalue weighted by molar-refractivity contribution is 0.289. The van der Waals surface area contributed by atoms with Crippen LogP contribution < -0.4 is 0 Å². The lowest BCUT2D eigenvalue weighted by Gasteiger charge is -2.27. The van der Waals surface area contributed by atoms with Crippen molar-refractivity contribution in [2.75, 3.05) is 0 Å². The first-order valence-corrected chi connectivity index (χ1v) is 12.7. The second-order valence-electron chi connectivity index (χ2n) is 10.1. The Bertz CT molecular complexity index is 661. The SMILES string of the molecule is CCCCCC1CCC(/C=C/CCc2ccc(C3CCC(C)CC3)c(F)c2F)CC1. The van der Waals surface area contributed by atoms with Crippen LogP contribution in [0.5, 0.6) is 0 Å². The molecule has 168 valence electrons. The first-order chi connectivity index (χ1) is 14.6. The fraction of sp³-hybridized carbons (Fsp3) is 0.714. The van der Waals surface area contributed by atoms with Gasteiger partial charge in [-0.15, -0.1) is 0 Å². The first-order valence-electron chi connectivity index (χ1n) is 12.7. The molecule has 30 heavy (non-hydrogen) atoms. The number of allylic oxidation sites excluding steroid dienone is 2. The van der Waals surface area contributed by atoms with Crippen LogP contribution >= 0.6 is 0 Å². The van der Waals surface area contributed by atoms with Crippen molar-refractivity contribution in [1.82, 2.24) is 0 Å². The summed E-state index contributed by atoms with van der Waals surface area (Å²) in [5, 5.41) is 0. The fourth-order valence-electron chi connectivity index (χ4n) is 5.56. The van der Waals surface area contributed by atoms with E-state index in [2.05, 4.69) is 26.0 Å². The summed E-state index contributed by atoms with van der Waals surface area (Å²) >= 11 is 0. The maximum atomic E-state index is 14.7. The standard InChI is InChI=1S/C28H42F2/c1-3-4-5-8-22-13-15-23(16-14-22)9-6-7-10-25-19-20-26(28(30)27(25)29)24-17-11-21(2)12-18-24/h6,9,19-24H,3-5,7-8,10-18H2,1-2H3/b9-6+. The van der Waals surface area contributed by atoms with Crippen molar-refractivity contribution in [3.63, 3.8) is 0 Å². The third-order valence-electron chi connectivity index (χ3n) is 7.74. The van der Waals surface area contributed by atoms with Crippen LogP contribution in [0.2, 0.25) is 0 Å². The van der Waals surface area contributed by atoms with E-state index in [1.165, 1.54) is 51.4 Å². The second-order valence-corrected chi connectivity index (χ2v) is 10.1. The van der Waals surface area contributed by atoms with Crippen LogP contribution in [0.25, 0.3) is 0 Å². The third-order valence-corrected chi connectivity index (χ3v) is 7.74. The van der Waals surface area contributed by atoms with Gasteiger partial charge in [0.05, 0.1) is 0 Å². The lowest BCUT2D eigenvalue weighted by Crippen LogP contribution is -2.13. The first kappa shape index (κ1) is 23.5. The van der Waals surface area contributed by atoms with E-state index in [1.807, 2.05) is 12.1 Å². The molecule has 1 aromatic carbocycles. The summed E-state index contributed by atoms with van der Waals surface area (Å²) in [5.74, 6) is 1.34. The summed E-state index contributed by atoms with van der Waals surface area (Å²) in [6.07, 6.45) is 21.0. The van der Waals surface area contributed by atoms with Gasteiger partial charge in [0, 0.05) is 0 Å². The van der Waals surface area contributed by atoms with Crippen LogP contribution in [-0.2, 0) is 6.42 Å². The minimum Gasteiger partial charge on any atom is -0.203 e. The summed E-state index contributed by atoms with van der Waals surface area (Å²) < 4.78 is 29.3.